The molecule has 1 N–H and O–H groups in total. The first-order valence-corrected chi connectivity index (χ1v) is 7.92. The number of halogens is 1. The van der Waals surface area contributed by atoms with Crippen LogP contribution in [0.25, 0.3) is 0 Å². The van der Waals surface area contributed by atoms with Crippen LogP contribution in [0.15, 0.2) is 24.3 Å². The van der Waals surface area contributed by atoms with E-state index in [1.54, 1.807) is 0 Å². The highest BCUT2D eigenvalue weighted by Crippen LogP contribution is 2.13. The molecule has 0 bridgehead atoms. The third-order valence-corrected chi connectivity index (χ3v) is 4.15. The van der Waals surface area contributed by atoms with Crippen LogP contribution in [-0.4, -0.2) is 53.6 Å². The van der Waals surface area contributed by atoms with Crippen molar-refractivity contribution in [1.82, 2.24) is 9.80 Å². The molecule has 1 heterocycles. The molecule has 21 heavy (non-hydrogen) atoms. The fraction of sp³-hybridized carbons (Fsp3) is 0.562. The van der Waals surface area contributed by atoms with Gasteiger partial charge in [-0.2, -0.15) is 0 Å². The van der Waals surface area contributed by atoms with Crippen LogP contribution in [0.5, 0.6) is 0 Å². The summed E-state index contributed by atoms with van der Waals surface area (Å²) in [6, 6.07) is 8.05. The second-order valence-electron chi connectivity index (χ2n) is 5.60. The van der Waals surface area contributed by atoms with Gasteiger partial charge in [0.15, 0.2) is 0 Å². The van der Waals surface area contributed by atoms with E-state index in [2.05, 4.69) is 21.9 Å². The van der Waals surface area contributed by atoms with Gasteiger partial charge < -0.3 is 10.0 Å². The molecule has 116 valence electrons. The molecule has 0 spiro atoms. The Kier molecular flexibility index (Phi) is 6.49. The van der Waals surface area contributed by atoms with E-state index >= 15 is 0 Å². The minimum absolute atomic E-state index is 0.288. The topological polar surface area (TPSA) is 43.8 Å². The Morgan fingerprint density at radius 2 is 1.67 bits per heavy atom. The summed E-state index contributed by atoms with van der Waals surface area (Å²) in [4.78, 5) is 15.3. The molecule has 1 aromatic rings. The molecule has 0 radical (unpaired) electrons. The number of carbonyl (C=O) groups is 1. The lowest BCUT2D eigenvalue weighted by atomic mass is 10.2. The van der Waals surface area contributed by atoms with Gasteiger partial charge in [-0.3, -0.25) is 9.69 Å². The first-order valence-electron chi connectivity index (χ1n) is 7.54. The first-order chi connectivity index (χ1) is 10.1. The predicted octanol–water partition coefficient (Wildman–Crippen LogP) is 2.71. The molecular weight excluding hydrogens is 288 g/mol. The highest BCUT2D eigenvalue weighted by molar-refractivity contribution is 6.30. The van der Waals surface area contributed by atoms with Crippen molar-refractivity contribution in [3.05, 3.63) is 34.9 Å². The quantitative estimate of drug-likeness (QED) is 0.787. The molecule has 0 unspecified atom stereocenters. The molecule has 1 aromatic carbocycles. The average molecular weight is 311 g/mol. The highest BCUT2D eigenvalue weighted by Gasteiger charge is 2.16. The van der Waals surface area contributed by atoms with Crippen molar-refractivity contribution >= 4 is 17.6 Å². The Labute approximate surface area is 131 Å². The van der Waals surface area contributed by atoms with Gasteiger partial charge in [0.2, 0.25) is 0 Å². The maximum absolute atomic E-state index is 10.5. The molecule has 1 fully saturated rings. The van der Waals surface area contributed by atoms with Crippen LogP contribution < -0.4 is 0 Å². The maximum Gasteiger partial charge on any atom is 0.303 e. The van der Waals surface area contributed by atoms with Crippen molar-refractivity contribution in [3.63, 3.8) is 0 Å². The molecule has 2 rings (SSSR count). The zero-order valence-corrected chi connectivity index (χ0v) is 13.1. The zero-order valence-electron chi connectivity index (χ0n) is 12.3. The Morgan fingerprint density at radius 1 is 1.05 bits per heavy atom. The van der Waals surface area contributed by atoms with Crippen LogP contribution in [0.2, 0.25) is 5.02 Å². The lowest BCUT2D eigenvalue weighted by Gasteiger charge is -2.34. The van der Waals surface area contributed by atoms with Gasteiger partial charge >= 0.3 is 5.97 Å². The molecule has 4 nitrogen and oxygen atoms in total. The van der Waals surface area contributed by atoms with Gasteiger partial charge in [-0.05, 0) is 37.1 Å². The third kappa shape index (κ3) is 6.04. The standard InChI is InChI=1S/C16H23ClN2O2/c17-15-6-4-14(5-7-15)13-19-11-9-18(10-12-19)8-2-1-3-16(20)21/h4-7H,1-3,8-13H2,(H,20,21). The first kappa shape index (κ1) is 16.3. The van der Waals surface area contributed by atoms with Crippen LogP contribution in [0.1, 0.15) is 24.8 Å². The van der Waals surface area contributed by atoms with E-state index in [-0.39, 0.29) is 6.42 Å². The molecule has 0 amide bonds. The number of hydrogen-bond acceptors (Lipinski definition) is 3. The molecule has 1 aliphatic heterocycles. The summed E-state index contributed by atoms with van der Waals surface area (Å²) in [5.74, 6) is -0.692. The highest BCUT2D eigenvalue weighted by atomic mass is 35.5. The van der Waals surface area contributed by atoms with Crippen molar-refractivity contribution < 1.29 is 9.90 Å². The van der Waals surface area contributed by atoms with Gasteiger partial charge in [0.05, 0.1) is 0 Å². The van der Waals surface area contributed by atoms with Crippen molar-refractivity contribution in [3.8, 4) is 0 Å². The minimum atomic E-state index is -0.692. The molecule has 1 aliphatic rings. The van der Waals surface area contributed by atoms with Gasteiger partial charge in [-0.1, -0.05) is 23.7 Å². The van der Waals surface area contributed by atoms with Crippen molar-refractivity contribution in [2.24, 2.45) is 0 Å². The van der Waals surface area contributed by atoms with Crippen LogP contribution in [0, 0.1) is 0 Å². The van der Waals surface area contributed by atoms with E-state index in [9.17, 15) is 4.79 Å². The summed E-state index contributed by atoms with van der Waals surface area (Å²) in [7, 11) is 0. The van der Waals surface area contributed by atoms with E-state index < -0.39 is 5.97 Å². The molecule has 1 saturated heterocycles. The summed E-state index contributed by atoms with van der Waals surface area (Å²) in [6.45, 7) is 6.27. The van der Waals surface area contributed by atoms with E-state index in [0.29, 0.717) is 0 Å². The monoisotopic (exact) mass is 310 g/mol. The number of unbranched alkanes of at least 4 members (excludes halogenated alkanes) is 1. The zero-order chi connectivity index (χ0) is 15.1. The second kappa shape index (κ2) is 8.37. The number of aliphatic carboxylic acids is 1. The van der Waals surface area contributed by atoms with Gasteiger partial charge in [0.25, 0.3) is 0 Å². The molecule has 5 heteroatoms. The van der Waals surface area contributed by atoms with Crippen LogP contribution in [-0.2, 0) is 11.3 Å². The van der Waals surface area contributed by atoms with Crippen molar-refractivity contribution in [2.45, 2.75) is 25.8 Å². The SMILES string of the molecule is O=C(O)CCCCN1CCN(Cc2ccc(Cl)cc2)CC1. The van der Waals surface area contributed by atoms with E-state index in [4.69, 9.17) is 16.7 Å². The number of nitrogens with zero attached hydrogens (tertiary/aromatic N) is 2. The normalized spacial score (nSPS) is 17.0. The largest absolute Gasteiger partial charge is 0.481 e. The van der Waals surface area contributed by atoms with E-state index in [1.807, 2.05) is 12.1 Å². The van der Waals surface area contributed by atoms with Crippen molar-refractivity contribution in [2.75, 3.05) is 32.7 Å². The molecule has 0 atom stereocenters. The summed E-state index contributed by atoms with van der Waals surface area (Å²) in [5, 5.41) is 9.40. The Balaban J connectivity index is 1.64. The average Bonchev–Trinajstić information content (AvgIpc) is 2.47. The Hall–Kier alpha value is -1.10. The molecular formula is C16H23ClN2O2. The van der Waals surface area contributed by atoms with Crippen LogP contribution in [0.3, 0.4) is 0 Å². The molecule has 0 saturated carbocycles. The van der Waals surface area contributed by atoms with Gasteiger partial charge in [0, 0.05) is 44.2 Å². The number of piperazine rings is 1. The number of hydrogen-bond donors (Lipinski definition) is 1. The van der Waals surface area contributed by atoms with Gasteiger partial charge in [0.1, 0.15) is 0 Å². The van der Waals surface area contributed by atoms with E-state index in [0.717, 1.165) is 57.1 Å². The number of rotatable bonds is 7. The van der Waals surface area contributed by atoms with E-state index in [1.165, 1.54) is 5.56 Å². The van der Waals surface area contributed by atoms with Gasteiger partial charge in [-0.25, -0.2) is 0 Å². The summed E-state index contributed by atoms with van der Waals surface area (Å²) in [5.41, 5.74) is 1.30. The Morgan fingerprint density at radius 3 is 2.29 bits per heavy atom. The smallest absolute Gasteiger partial charge is 0.303 e. The maximum atomic E-state index is 10.5. The minimum Gasteiger partial charge on any atom is -0.481 e. The third-order valence-electron chi connectivity index (χ3n) is 3.90. The van der Waals surface area contributed by atoms with Crippen LogP contribution >= 0.6 is 11.6 Å². The lowest BCUT2D eigenvalue weighted by Crippen LogP contribution is -2.46. The summed E-state index contributed by atoms with van der Waals surface area (Å²) < 4.78 is 0. The summed E-state index contributed by atoms with van der Waals surface area (Å²) in [6.07, 6.45) is 2.04. The van der Waals surface area contributed by atoms with Crippen molar-refractivity contribution in [1.29, 1.82) is 0 Å². The number of benzene rings is 1. The van der Waals surface area contributed by atoms with Gasteiger partial charge in [-0.15, -0.1) is 0 Å². The molecule has 0 aromatic heterocycles. The Bertz CT molecular complexity index is 442. The lowest BCUT2D eigenvalue weighted by molar-refractivity contribution is -0.137. The fourth-order valence-corrected chi connectivity index (χ4v) is 2.76. The number of carboxylic acids is 1. The summed E-state index contributed by atoms with van der Waals surface area (Å²) >= 11 is 5.90. The molecule has 0 aliphatic carbocycles. The second-order valence-corrected chi connectivity index (χ2v) is 6.03. The van der Waals surface area contributed by atoms with Crippen LogP contribution in [0.4, 0.5) is 0 Å². The fourth-order valence-electron chi connectivity index (χ4n) is 2.63. The number of carboxylic acid groups (broad SMARTS) is 1. The predicted molar refractivity (Wildman–Crippen MR) is 84.7 cm³/mol.